The van der Waals surface area contributed by atoms with E-state index in [2.05, 4.69) is 31.0 Å². The van der Waals surface area contributed by atoms with Crippen LogP contribution >= 0.6 is 0 Å². The molecule has 0 aromatic rings. The monoisotopic (exact) mass is 256 g/mol. The fourth-order valence-corrected chi connectivity index (χ4v) is 2.40. The third-order valence-electron chi connectivity index (χ3n) is 3.57. The minimum atomic E-state index is 0.363. The summed E-state index contributed by atoms with van der Waals surface area (Å²) in [5, 5.41) is 3.35. The van der Waals surface area contributed by atoms with Gasteiger partial charge in [-0.2, -0.15) is 0 Å². The smallest absolute Gasteiger partial charge is 0.0126 e. The van der Waals surface area contributed by atoms with E-state index in [0.29, 0.717) is 5.54 Å². The fraction of sp³-hybridized carbons (Fsp3) is 1.00. The predicted molar refractivity (Wildman–Crippen MR) is 83.2 cm³/mol. The first-order valence-corrected chi connectivity index (χ1v) is 8.06. The van der Waals surface area contributed by atoms with Crippen LogP contribution in [0.4, 0.5) is 0 Å². The van der Waals surface area contributed by atoms with Gasteiger partial charge in [0, 0.05) is 31.7 Å². The Bertz CT molecular complexity index is 151. The molecule has 2 nitrogen and oxygen atoms in total. The van der Waals surface area contributed by atoms with E-state index in [4.69, 9.17) is 0 Å². The molecule has 2 fully saturated rings. The summed E-state index contributed by atoms with van der Waals surface area (Å²) in [5.74, 6) is 0. The summed E-state index contributed by atoms with van der Waals surface area (Å²) < 4.78 is 0. The van der Waals surface area contributed by atoms with Gasteiger partial charge in [0.05, 0.1) is 0 Å². The molecule has 0 bridgehead atoms. The van der Waals surface area contributed by atoms with Crippen LogP contribution in [0.1, 0.15) is 73.1 Å². The van der Waals surface area contributed by atoms with E-state index in [0.717, 1.165) is 13.1 Å². The molecule has 1 aliphatic heterocycles. The van der Waals surface area contributed by atoms with Gasteiger partial charge in [-0.25, -0.2) is 0 Å². The molecule has 0 aromatic carbocycles. The van der Waals surface area contributed by atoms with Gasteiger partial charge in [-0.05, 0) is 20.8 Å². The van der Waals surface area contributed by atoms with E-state index in [1.54, 1.807) is 0 Å². The quantitative estimate of drug-likeness (QED) is 0.703. The van der Waals surface area contributed by atoms with Gasteiger partial charge < -0.3 is 5.32 Å². The summed E-state index contributed by atoms with van der Waals surface area (Å²) in [5.41, 5.74) is 0.363. The molecule has 1 heterocycles. The Labute approximate surface area is 116 Å². The molecule has 2 rings (SSSR count). The highest BCUT2D eigenvalue weighted by molar-refractivity contribution is 4.79. The van der Waals surface area contributed by atoms with Crippen LogP contribution in [-0.2, 0) is 0 Å². The Balaban J connectivity index is 0.000000308. The minimum absolute atomic E-state index is 0.363. The zero-order chi connectivity index (χ0) is 13.9. The van der Waals surface area contributed by atoms with Crippen LogP contribution in [0.25, 0.3) is 0 Å². The number of nitrogens with one attached hydrogen (secondary N) is 1. The summed E-state index contributed by atoms with van der Waals surface area (Å²) in [6.45, 7) is 15.5. The molecule has 1 saturated carbocycles. The second-order valence-corrected chi connectivity index (χ2v) is 6.03. The van der Waals surface area contributed by atoms with Crippen molar-refractivity contribution in [3.05, 3.63) is 0 Å². The molecule has 2 heteroatoms. The maximum atomic E-state index is 3.35. The van der Waals surface area contributed by atoms with Crippen LogP contribution in [0.2, 0.25) is 0 Å². The second kappa shape index (κ2) is 10.8. The lowest BCUT2D eigenvalue weighted by atomic mass is 10.0. The van der Waals surface area contributed by atoms with Crippen molar-refractivity contribution in [2.75, 3.05) is 26.2 Å². The number of rotatable bonds is 0. The van der Waals surface area contributed by atoms with E-state index < -0.39 is 0 Å². The molecule has 18 heavy (non-hydrogen) atoms. The van der Waals surface area contributed by atoms with Crippen LogP contribution in [-0.4, -0.2) is 36.6 Å². The number of hydrogen-bond acceptors (Lipinski definition) is 2. The first-order valence-electron chi connectivity index (χ1n) is 8.06. The Hall–Kier alpha value is -0.0800. The number of piperazine rings is 1. The summed E-state index contributed by atoms with van der Waals surface area (Å²) in [4.78, 5) is 2.52. The van der Waals surface area contributed by atoms with Crippen molar-refractivity contribution in [1.29, 1.82) is 0 Å². The molecular formula is C16H36N2. The lowest BCUT2D eigenvalue weighted by molar-refractivity contribution is 0.119. The Morgan fingerprint density at radius 2 is 1.06 bits per heavy atom. The zero-order valence-electron chi connectivity index (χ0n) is 13.5. The van der Waals surface area contributed by atoms with Crippen molar-refractivity contribution >= 4 is 0 Å². The molecule has 0 aromatic heterocycles. The first-order chi connectivity index (χ1) is 8.61. The van der Waals surface area contributed by atoms with Gasteiger partial charge in [0.25, 0.3) is 0 Å². The standard InChI is InChI=1S/C8H18N2.C6H12.C2H6/c1-8(2,3)10-6-4-9-5-7-10;1-2-4-6-5-3-1;1-2/h9H,4-7H2,1-3H3;1-6H2;1-2H3. The highest BCUT2D eigenvalue weighted by Gasteiger charge is 2.21. The van der Waals surface area contributed by atoms with Gasteiger partial charge in [-0.3, -0.25) is 4.90 Å². The molecule has 0 spiro atoms. The van der Waals surface area contributed by atoms with E-state index >= 15 is 0 Å². The van der Waals surface area contributed by atoms with Gasteiger partial charge in [-0.15, -0.1) is 0 Å². The van der Waals surface area contributed by atoms with E-state index in [-0.39, 0.29) is 0 Å². The van der Waals surface area contributed by atoms with Crippen molar-refractivity contribution in [2.45, 2.75) is 78.7 Å². The highest BCUT2D eigenvalue weighted by atomic mass is 15.2. The average Bonchev–Trinajstić information content (AvgIpc) is 2.44. The number of hydrogen-bond donors (Lipinski definition) is 1. The molecule has 0 amide bonds. The van der Waals surface area contributed by atoms with Gasteiger partial charge in [-0.1, -0.05) is 52.4 Å². The van der Waals surface area contributed by atoms with Crippen LogP contribution < -0.4 is 5.32 Å². The summed E-state index contributed by atoms with van der Waals surface area (Å²) >= 11 is 0. The molecular weight excluding hydrogens is 220 g/mol. The van der Waals surface area contributed by atoms with Crippen LogP contribution in [0.5, 0.6) is 0 Å². The summed E-state index contributed by atoms with van der Waals surface area (Å²) in [6.07, 6.45) is 9.00. The third-order valence-corrected chi connectivity index (χ3v) is 3.57. The topological polar surface area (TPSA) is 15.3 Å². The molecule has 1 aliphatic carbocycles. The molecule has 1 N–H and O–H groups in total. The molecule has 0 atom stereocenters. The van der Waals surface area contributed by atoms with Crippen molar-refractivity contribution < 1.29 is 0 Å². The molecule has 1 saturated heterocycles. The lowest BCUT2D eigenvalue weighted by Crippen LogP contribution is -2.51. The molecule has 0 unspecified atom stereocenters. The lowest BCUT2D eigenvalue weighted by Gasteiger charge is -2.38. The van der Waals surface area contributed by atoms with E-state index in [1.165, 1.54) is 51.6 Å². The zero-order valence-corrected chi connectivity index (χ0v) is 13.5. The Kier molecular flexibility index (Phi) is 10.8. The van der Waals surface area contributed by atoms with Crippen LogP contribution in [0.15, 0.2) is 0 Å². The van der Waals surface area contributed by atoms with Crippen molar-refractivity contribution in [3.63, 3.8) is 0 Å². The van der Waals surface area contributed by atoms with E-state index in [1.807, 2.05) is 13.8 Å². The predicted octanol–water partition coefficient (Wildman–Crippen LogP) is 4.06. The van der Waals surface area contributed by atoms with Gasteiger partial charge >= 0.3 is 0 Å². The summed E-state index contributed by atoms with van der Waals surface area (Å²) in [7, 11) is 0. The van der Waals surface area contributed by atoms with Crippen LogP contribution in [0.3, 0.4) is 0 Å². The van der Waals surface area contributed by atoms with Gasteiger partial charge in [0.1, 0.15) is 0 Å². The Morgan fingerprint density at radius 1 is 0.722 bits per heavy atom. The fourth-order valence-electron chi connectivity index (χ4n) is 2.40. The Morgan fingerprint density at radius 3 is 1.28 bits per heavy atom. The molecule has 0 radical (unpaired) electrons. The maximum absolute atomic E-state index is 3.35. The summed E-state index contributed by atoms with van der Waals surface area (Å²) in [6, 6.07) is 0. The van der Waals surface area contributed by atoms with Crippen molar-refractivity contribution in [2.24, 2.45) is 0 Å². The second-order valence-electron chi connectivity index (χ2n) is 6.03. The minimum Gasteiger partial charge on any atom is -0.314 e. The largest absolute Gasteiger partial charge is 0.314 e. The van der Waals surface area contributed by atoms with E-state index in [9.17, 15) is 0 Å². The van der Waals surface area contributed by atoms with Gasteiger partial charge in [0.2, 0.25) is 0 Å². The average molecular weight is 256 g/mol. The maximum Gasteiger partial charge on any atom is 0.0126 e. The van der Waals surface area contributed by atoms with Gasteiger partial charge in [0.15, 0.2) is 0 Å². The molecule has 2 aliphatic rings. The highest BCUT2D eigenvalue weighted by Crippen LogP contribution is 2.15. The molecule has 110 valence electrons. The van der Waals surface area contributed by atoms with Crippen molar-refractivity contribution in [1.82, 2.24) is 10.2 Å². The van der Waals surface area contributed by atoms with Crippen LogP contribution in [0, 0.1) is 0 Å². The normalized spacial score (nSPS) is 21.2. The first kappa shape index (κ1) is 17.9. The van der Waals surface area contributed by atoms with Crippen molar-refractivity contribution in [3.8, 4) is 0 Å². The third kappa shape index (κ3) is 8.93. The SMILES string of the molecule is C1CCCCC1.CC.CC(C)(C)N1CCNCC1. The number of nitrogens with zero attached hydrogens (tertiary/aromatic N) is 1.